The van der Waals surface area contributed by atoms with Crippen LogP contribution in [0.4, 0.5) is 0 Å². The first-order valence-electron chi connectivity index (χ1n) is 8.80. The molecule has 1 fully saturated rings. The Balaban J connectivity index is 2.07. The van der Waals surface area contributed by atoms with E-state index in [1.807, 2.05) is 4.57 Å². The van der Waals surface area contributed by atoms with Crippen molar-refractivity contribution in [3.63, 3.8) is 0 Å². The van der Waals surface area contributed by atoms with E-state index in [9.17, 15) is 18.0 Å². The van der Waals surface area contributed by atoms with Crippen LogP contribution in [0.1, 0.15) is 38.6 Å². The fraction of sp³-hybridized carbons (Fsp3) is 0.625. The summed E-state index contributed by atoms with van der Waals surface area (Å²) < 4.78 is 31.6. The summed E-state index contributed by atoms with van der Waals surface area (Å²) in [5.41, 5.74) is -1.40. The van der Waals surface area contributed by atoms with E-state index in [1.54, 1.807) is 6.33 Å². The van der Waals surface area contributed by atoms with Gasteiger partial charge in [0.25, 0.3) is 15.6 Å². The van der Waals surface area contributed by atoms with Gasteiger partial charge in [-0.15, -0.1) is 10.2 Å². The van der Waals surface area contributed by atoms with E-state index in [2.05, 4.69) is 24.0 Å². The first kappa shape index (κ1) is 19.5. The largest absolute Gasteiger partial charge is 0.330 e. The molecule has 11 heteroatoms. The molecule has 1 atom stereocenters. The van der Waals surface area contributed by atoms with Gasteiger partial charge in [-0.3, -0.25) is 9.36 Å². The summed E-state index contributed by atoms with van der Waals surface area (Å²) in [5.74, 6) is 0.925. The molecule has 0 saturated carbocycles. The summed E-state index contributed by atoms with van der Waals surface area (Å²) >= 11 is 0. The van der Waals surface area contributed by atoms with Crippen LogP contribution in [0.15, 0.2) is 27.0 Å². The van der Waals surface area contributed by atoms with Crippen molar-refractivity contribution < 1.29 is 8.42 Å². The zero-order valence-electron chi connectivity index (χ0n) is 15.9. The highest BCUT2D eigenvalue weighted by molar-refractivity contribution is 7.89. The molecule has 2 aromatic rings. The molecule has 148 valence electrons. The third-order valence-electron chi connectivity index (χ3n) is 4.71. The van der Waals surface area contributed by atoms with Gasteiger partial charge >= 0.3 is 5.69 Å². The molecular formula is C16H24N6O4S. The van der Waals surface area contributed by atoms with Crippen LogP contribution in [-0.4, -0.2) is 43.2 Å². The highest BCUT2D eigenvalue weighted by atomic mass is 32.2. The summed E-state index contributed by atoms with van der Waals surface area (Å²) in [6.07, 6.45) is 3.95. The predicted octanol–water partition coefficient (Wildman–Crippen LogP) is -0.143. The van der Waals surface area contributed by atoms with Gasteiger partial charge < -0.3 is 9.13 Å². The quantitative estimate of drug-likeness (QED) is 0.695. The van der Waals surface area contributed by atoms with Crippen LogP contribution >= 0.6 is 0 Å². The molecule has 1 saturated heterocycles. The molecular weight excluding hydrogens is 372 g/mol. The summed E-state index contributed by atoms with van der Waals surface area (Å²) in [6.45, 7) is 5.07. The van der Waals surface area contributed by atoms with Gasteiger partial charge in [0.2, 0.25) is 0 Å². The molecule has 0 aliphatic carbocycles. The highest BCUT2D eigenvalue weighted by Crippen LogP contribution is 2.35. The third-order valence-corrected chi connectivity index (χ3v) is 6.60. The lowest BCUT2D eigenvalue weighted by Gasteiger charge is -2.24. The minimum Gasteiger partial charge on any atom is -0.316 e. The molecule has 10 nitrogen and oxygen atoms in total. The number of nitrogens with zero attached hydrogens (tertiary/aromatic N) is 6. The Kier molecular flexibility index (Phi) is 5.08. The van der Waals surface area contributed by atoms with Crippen molar-refractivity contribution in [3.8, 4) is 0 Å². The maximum Gasteiger partial charge on any atom is 0.330 e. The molecule has 1 aliphatic heterocycles. The van der Waals surface area contributed by atoms with Crippen molar-refractivity contribution in [2.75, 3.05) is 6.54 Å². The molecule has 2 aromatic heterocycles. The molecule has 0 radical (unpaired) electrons. The standard InChI is InChI=1S/C16H24N6O4S/c1-11(2)8-21-10-17-18-14(21)12-6-5-7-22(12)27(25,26)13-9-19(3)16(24)20(4)15(13)23/h9-12H,5-8H2,1-4H3. The van der Waals surface area contributed by atoms with Crippen molar-refractivity contribution in [2.45, 2.75) is 44.2 Å². The van der Waals surface area contributed by atoms with Crippen molar-refractivity contribution in [1.82, 2.24) is 28.2 Å². The molecule has 1 aliphatic rings. The molecule has 0 spiro atoms. The average Bonchev–Trinajstić information content (AvgIpc) is 3.24. The topological polar surface area (TPSA) is 112 Å². The summed E-state index contributed by atoms with van der Waals surface area (Å²) in [5, 5.41) is 8.10. The Bertz CT molecular complexity index is 1070. The van der Waals surface area contributed by atoms with Crippen LogP contribution in [0, 0.1) is 5.92 Å². The van der Waals surface area contributed by atoms with Gasteiger partial charge in [-0.25, -0.2) is 13.2 Å². The maximum absolute atomic E-state index is 13.2. The highest BCUT2D eigenvalue weighted by Gasteiger charge is 2.40. The van der Waals surface area contributed by atoms with Gasteiger partial charge in [0.1, 0.15) is 6.33 Å². The molecule has 0 N–H and O–H groups in total. The van der Waals surface area contributed by atoms with Crippen molar-refractivity contribution in [3.05, 3.63) is 39.2 Å². The number of aromatic nitrogens is 5. The Morgan fingerprint density at radius 2 is 1.96 bits per heavy atom. The van der Waals surface area contributed by atoms with Gasteiger partial charge in [-0.2, -0.15) is 4.31 Å². The lowest BCUT2D eigenvalue weighted by atomic mass is 10.2. The van der Waals surface area contributed by atoms with Crippen LogP contribution < -0.4 is 11.2 Å². The van der Waals surface area contributed by atoms with E-state index in [0.717, 1.165) is 15.3 Å². The Hall–Kier alpha value is -2.27. The van der Waals surface area contributed by atoms with Crippen molar-refractivity contribution >= 4 is 10.0 Å². The van der Waals surface area contributed by atoms with Crippen molar-refractivity contribution in [1.29, 1.82) is 0 Å². The first-order valence-corrected chi connectivity index (χ1v) is 10.2. The lowest BCUT2D eigenvalue weighted by Crippen LogP contribution is -2.42. The molecule has 0 amide bonds. The van der Waals surface area contributed by atoms with Gasteiger partial charge in [0.15, 0.2) is 10.7 Å². The fourth-order valence-electron chi connectivity index (χ4n) is 3.42. The van der Waals surface area contributed by atoms with E-state index < -0.39 is 32.2 Å². The Morgan fingerprint density at radius 3 is 2.63 bits per heavy atom. The zero-order chi connectivity index (χ0) is 19.9. The van der Waals surface area contributed by atoms with E-state index in [-0.39, 0.29) is 6.54 Å². The Labute approximate surface area is 157 Å². The summed E-state index contributed by atoms with van der Waals surface area (Å²) in [4.78, 5) is 23.9. The predicted molar refractivity (Wildman–Crippen MR) is 97.7 cm³/mol. The molecule has 27 heavy (non-hydrogen) atoms. The molecule has 0 aromatic carbocycles. The number of hydrogen-bond donors (Lipinski definition) is 0. The first-order chi connectivity index (χ1) is 12.6. The smallest absolute Gasteiger partial charge is 0.316 e. The van der Waals surface area contributed by atoms with Gasteiger partial charge in [-0.1, -0.05) is 13.8 Å². The lowest BCUT2D eigenvalue weighted by molar-refractivity contribution is 0.363. The van der Waals surface area contributed by atoms with Crippen LogP contribution in [0.3, 0.4) is 0 Å². The van der Waals surface area contributed by atoms with Crippen LogP contribution in [0.25, 0.3) is 0 Å². The van der Waals surface area contributed by atoms with Gasteiger partial charge in [0, 0.05) is 33.4 Å². The monoisotopic (exact) mass is 396 g/mol. The second-order valence-corrected chi connectivity index (χ2v) is 9.12. The third kappa shape index (κ3) is 3.36. The molecule has 3 heterocycles. The Morgan fingerprint density at radius 1 is 1.26 bits per heavy atom. The molecule has 1 unspecified atom stereocenters. The average molecular weight is 396 g/mol. The minimum absolute atomic E-state index is 0.285. The number of rotatable bonds is 5. The van der Waals surface area contributed by atoms with Crippen LogP contribution in [0.5, 0.6) is 0 Å². The summed E-state index contributed by atoms with van der Waals surface area (Å²) in [7, 11) is -1.41. The number of hydrogen-bond acceptors (Lipinski definition) is 6. The fourth-order valence-corrected chi connectivity index (χ4v) is 5.23. The van der Waals surface area contributed by atoms with Crippen LogP contribution in [0.2, 0.25) is 0 Å². The van der Waals surface area contributed by atoms with E-state index in [0.29, 0.717) is 31.1 Å². The van der Waals surface area contributed by atoms with E-state index in [1.165, 1.54) is 18.4 Å². The summed E-state index contributed by atoms with van der Waals surface area (Å²) in [6, 6.07) is -0.488. The van der Waals surface area contributed by atoms with Crippen molar-refractivity contribution in [2.24, 2.45) is 20.0 Å². The number of sulfonamides is 1. The SMILES string of the molecule is CC(C)Cn1cnnc1C1CCCN1S(=O)(=O)c1cn(C)c(=O)n(C)c1=O. The maximum atomic E-state index is 13.2. The van der Waals surface area contributed by atoms with Gasteiger partial charge in [0.05, 0.1) is 6.04 Å². The second kappa shape index (κ2) is 7.04. The van der Waals surface area contributed by atoms with E-state index in [4.69, 9.17) is 0 Å². The number of aryl methyl sites for hydroxylation is 1. The van der Waals surface area contributed by atoms with E-state index >= 15 is 0 Å². The zero-order valence-corrected chi connectivity index (χ0v) is 16.7. The van der Waals surface area contributed by atoms with Gasteiger partial charge in [-0.05, 0) is 18.8 Å². The molecule has 3 rings (SSSR count). The minimum atomic E-state index is -4.09. The van der Waals surface area contributed by atoms with Crippen LogP contribution in [-0.2, 0) is 30.7 Å². The second-order valence-electron chi connectivity index (χ2n) is 7.26. The molecule has 0 bridgehead atoms. The normalized spacial score (nSPS) is 18.5.